The van der Waals surface area contributed by atoms with Gasteiger partial charge in [-0.25, -0.2) is 0 Å². The minimum atomic E-state index is -0.782. The van der Waals surface area contributed by atoms with Crippen LogP contribution in [0.4, 0.5) is 0 Å². The first-order chi connectivity index (χ1) is 6.06. The van der Waals surface area contributed by atoms with Crippen LogP contribution in [0.2, 0.25) is 0 Å². The van der Waals surface area contributed by atoms with E-state index in [1.807, 2.05) is 13.0 Å². The monoisotopic (exact) mass is 185 g/mol. The summed E-state index contributed by atoms with van der Waals surface area (Å²) in [6.07, 6.45) is 6.54. The van der Waals surface area contributed by atoms with E-state index in [-0.39, 0.29) is 0 Å². The Bertz CT molecular complexity index is 189. The van der Waals surface area contributed by atoms with Crippen LogP contribution >= 0.6 is 0 Å². The fourth-order valence-corrected chi connectivity index (χ4v) is 1.08. The number of rotatable bonds is 6. The molecule has 0 spiro atoms. The van der Waals surface area contributed by atoms with E-state index < -0.39 is 11.5 Å². The topological polar surface area (TPSA) is 49.3 Å². The predicted molar refractivity (Wildman–Crippen MR) is 53.8 cm³/mol. The van der Waals surface area contributed by atoms with E-state index in [4.69, 9.17) is 5.11 Å². The Morgan fingerprint density at radius 1 is 1.62 bits per heavy atom. The van der Waals surface area contributed by atoms with Crippen molar-refractivity contribution in [3.8, 4) is 0 Å². The van der Waals surface area contributed by atoms with Gasteiger partial charge >= 0.3 is 5.97 Å². The number of hydrogen-bond donors (Lipinski definition) is 2. The summed E-state index contributed by atoms with van der Waals surface area (Å²) >= 11 is 0. The van der Waals surface area contributed by atoms with Crippen molar-refractivity contribution >= 4 is 5.97 Å². The number of unbranched alkanes of at least 4 members (excludes halogenated alkanes) is 1. The minimum absolute atomic E-state index is 0.656. The third-order valence-electron chi connectivity index (χ3n) is 2.31. The summed E-state index contributed by atoms with van der Waals surface area (Å²) in [6.45, 7) is 3.68. The van der Waals surface area contributed by atoms with Gasteiger partial charge in [0.1, 0.15) is 5.54 Å². The van der Waals surface area contributed by atoms with E-state index in [2.05, 4.69) is 11.4 Å². The number of carboxylic acids is 1. The lowest BCUT2D eigenvalue weighted by molar-refractivity contribution is -0.144. The van der Waals surface area contributed by atoms with Gasteiger partial charge in [-0.15, -0.1) is 0 Å². The molecule has 1 unspecified atom stereocenters. The lowest BCUT2D eigenvalue weighted by Crippen LogP contribution is -2.47. The van der Waals surface area contributed by atoms with Crippen molar-refractivity contribution in [1.29, 1.82) is 0 Å². The molecule has 0 aromatic rings. The summed E-state index contributed by atoms with van der Waals surface area (Å²) in [5, 5.41) is 11.7. The van der Waals surface area contributed by atoms with E-state index in [1.165, 1.54) is 0 Å². The SMILES string of the molecule is CC=CCCCC(C)(NC)C(=O)O. The zero-order valence-corrected chi connectivity index (χ0v) is 8.63. The average molecular weight is 185 g/mol. The standard InChI is InChI=1S/C10H19NO2/c1-4-5-6-7-8-10(2,11-3)9(12)13/h4-5,11H,6-8H2,1-3H3,(H,12,13). The molecule has 0 aliphatic carbocycles. The minimum Gasteiger partial charge on any atom is -0.480 e. The van der Waals surface area contributed by atoms with Gasteiger partial charge in [-0.2, -0.15) is 0 Å². The summed E-state index contributed by atoms with van der Waals surface area (Å²) in [5.41, 5.74) is -0.776. The van der Waals surface area contributed by atoms with Crippen LogP contribution in [-0.2, 0) is 4.79 Å². The van der Waals surface area contributed by atoms with Gasteiger partial charge in [-0.05, 0) is 40.2 Å². The largest absolute Gasteiger partial charge is 0.480 e. The van der Waals surface area contributed by atoms with Gasteiger partial charge in [-0.1, -0.05) is 12.2 Å². The number of hydrogen-bond acceptors (Lipinski definition) is 2. The van der Waals surface area contributed by atoms with E-state index in [9.17, 15) is 4.79 Å². The summed E-state index contributed by atoms with van der Waals surface area (Å²) in [6, 6.07) is 0. The molecule has 0 radical (unpaired) electrons. The van der Waals surface area contributed by atoms with Crippen molar-refractivity contribution in [2.75, 3.05) is 7.05 Å². The molecule has 0 heterocycles. The maximum absolute atomic E-state index is 10.8. The zero-order chi connectivity index (χ0) is 10.3. The van der Waals surface area contributed by atoms with E-state index in [1.54, 1.807) is 14.0 Å². The van der Waals surface area contributed by atoms with Crippen LogP contribution in [0.5, 0.6) is 0 Å². The van der Waals surface area contributed by atoms with Gasteiger partial charge in [0.15, 0.2) is 0 Å². The molecule has 13 heavy (non-hydrogen) atoms. The molecule has 2 N–H and O–H groups in total. The first-order valence-electron chi connectivity index (χ1n) is 4.60. The fraction of sp³-hybridized carbons (Fsp3) is 0.700. The second-order valence-electron chi connectivity index (χ2n) is 3.35. The van der Waals surface area contributed by atoms with E-state index in [0.29, 0.717) is 6.42 Å². The molecule has 0 saturated carbocycles. The van der Waals surface area contributed by atoms with Crippen LogP contribution in [0.1, 0.15) is 33.1 Å². The molecule has 0 aliphatic heterocycles. The molecule has 3 heteroatoms. The smallest absolute Gasteiger partial charge is 0.323 e. The molecular formula is C10H19NO2. The van der Waals surface area contributed by atoms with Gasteiger partial charge in [0.05, 0.1) is 0 Å². The van der Waals surface area contributed by atoms with Crippen LogP contribution in [0.25, 0.3) is 0 Å². The van der Waals surface area contributed by atoms with Crippen molar-refractivity contribution < 1.29 is 9.90 Å². The first kappa shape index (κ1) is 12.2. The van der Waals surface area contributed by atoms with Crippen LogP contribution in [0.3, 0.4) is 0 Å². The molecule has 0 fully saturated rings. The molecule has 0 amide bonds. The molecule has 0 aliphatic rings. The third-order valence-corrected chi connectivity index (χ3v) is 2.31. The molecule has 3 nitrogen and oxygen atoms in total. The predicted octanol–water partition coefficient (Wildman–Crippen LogP) is 1.80. The fourth-order valence-electron chi connectivity index (χ4n) is 1.08. The molecule has 0 aromatic heterocycles. The second-order valence-corrected chi connectivity index (χ2v) is 3.35. The van der Waals surface area contributed by atoms with Gasteiger partial charge in [0.2, 0.25) is 0 Å². The van der Waals surface area contributed by atoms with Gasteiger partial charge < -0.3 is 10.4 Å². The Kier molecular flexibility index (Phi) is 5.39. The van der Waals surface area contributed by atoms with Crippen molar-refractivity contribution in [2.24, 2.45) is 0 Å². The lowest BCUT2D eigenvalue weighted by atomic mass is 9.95. The molecular weight excluding hydrogens is 166 g/mol. The summed E-state index contributed by atoms with van der Waals surface area (Å²) in [5.74, 6) is -0.782. The van der Waals surface area contributed by atoms with Crippen molar-refractivity contribution in [3.63, 3.8) is 0 Å². The van der Waals surface area contributed by atoms with Crippen molar-refractivity contribution in [1.82, 2.24) is 5.32 Å². The number of allylic oxidation sites excluding steroid dienone is 2. The number of aliphatic carboxylic acids is 1. The highest BCUT2D eigenvalue weighted by Gasteiger charge is 2.29. The third kappa shape index (κ3) is 4.08. The molecule has 0 rings (SSSR count). The molecule has 0 saturated heterocycles. The Hall–Kier alpha value is -0.830. The quantitative estimate of drug-likeness (QED) is 0.490. The van der Waals surface area contributed by atoms with Crippen molar-refractivity contribution in [2.45, 2.75) is 38.6 Å². The second kappa shape index (κ2) is 5.75. The first-order valence-corrected chi connectivity index (χ1v) is 4.60. The van der Waals surface area contributed by atoms with E-state index >= 15 is 0 Å². The summed E-state index contributed by atoms with van der Waals surface area (Å²) < 4.78 is 0. The summed E-state index contributed by atoms with van der Waals surface area (Å²) in [7, 11) is 1.68. The number of carboxylic acid groups (broad SMARTS) is 1. The van der Waals surface area contributed by atoms with Crippen molar-refractivity contribution in [3.05, 3.63) is 12.2 Å². The highest BCUT2D eigenvalue weighted by Crippen LogP contribution is 2.13. The normalized spacial score (nSPS) is 15.9. The van der Waals surface area contributed by atoms with Gasteiger partial charge in [-0.3, -0.25) is 4.79 Å². The van der Waals surface area contributed by atoms with Crippen LogP contribution in [-0.4, -0.2) is 23.7 Å². The number of likely N-dealkylation sites (N-methyl/N-ethyl adjacent to an activating group) is 1. The van der Waals surface area contributed by atoms with E-state index in [0.717, 1.165) is 12.8 Å². The highest BCUT2D eigenvalue weighted by atomic mass is 16.4. The van der Waals surface area contributed by atoms with Gasteiger partial charge in [0, 0.05) is 0 Å². The molecule has 1 atom stereocenters. The molecule has 0 bridgehead atoms. The van der Waals surface area contributed by atoms with Crippen LogP contribution in [0, 0.1) is 0 Å². The zero-order valence-electron chi connectivity index (χ0n) is 8.63. The Balaban J connectivity index is 3.91. The highest BCUT2D eigenvalue weighted by molar-refractivity contribution is 5.78. The van der Waals surface area contributed by atoms with Gasteiger partial charge in [0.25, 0.3) is 0 Å². The Morgan fingerprint density at radius 3 is 2.62 bits per heavy atom. The maximum atomic E-state index is 10.8. The number of carbonyl (C=O) groups is 1. The van der Waals surface area contributed by atoms with Crippen LogP contribution in [0.15, 0.2) is 12.2 Å². The molecule has 0 aromatic carbocycles. The lowest BCUT2D eigenvalue weighted by Gasteiger charge is -2.23. The Morgan fingerprint density at radius 2 is 2.23 bits per heavy atom. The number of nitrogens with one attached hydrogen (secondary N) is 1. The Labute approximate surface area is 79.8 Å². The average Bonchev–Trinajstić information content (AvgIpc) is 2.12. The molecule has 76 valence electrons. The maximum Gasteiger partial charge on any atom is 0.323 e. The van der Waals surface area contributed by atoms with Crippen LogP contribution < -0.4 is 5.32 Å². The summed E-state index contributed by atoms with van der Waals surface area (Å²) in [4.78, 5) is 10.8.